The number of rotatable bonds is 4. The Bertz CT molecular complexity index is 711. The highest BCUT2D eigenvalue weighted by atomic mass is 19.1. The van der Waals surface area contributed by atoms with Crippen LogP contribution in [0.15, 0.2) is 28.8 Å². The van der Waals surface area contributed by atoms with Crippen molar-refractivity contribution < 1.29 is 13.7 Å². The molecule has 2 heterocycles. The first-order valence-corrected chi connectivity index (χ1v) is 7.55. The largest absolute Gasteiger partial charge is 0.339 e. The van der Waals surface area contributed by atoms with Gasteiger partial charge in [-0.2, -0.15) is 4.98 Å². The fourth-order valence-electron chi connectivity index (χ4n) is 2.84. The number of carbonyl (C=O) groups is 1. The number of nitrogens with zero attached hydrogens (tertiary/aromatic N) is 3. The van der Waals surface area contributed by atoms with Crippen molar-refractivity contribution in [1.82, 2.24) is 15.0 Å². The fourth-order valence-corrected chi connectivity index (χ4v) is 2.84. The Labute approximate surface area is 127 Å². The van der Waals surface area contributed by atoms with Crippen LogP contribution in [0.4, 0.5) is 4.39 Å². The molecule has 1 aliphatic carbocycles. The molecule has 2 fully saturated rings. The molecular formula is C16H16FN3O2. The van der Waals surface area contributed by atoms with Gasteiger partial charge >= 0.3 is 0 Å². The molecule has 1 saturated heterocycles. The van der Waals surface area contributed by atoms with Gasteiger partial charge in [-0.05, 0) is 18.9 Å². The molecule has 0 bridgehead atoms. The van der Waals surface area contributed by atoms with Gasteiger partial charge in [-0.1, -0.05) is 23.4 Å². The highest BCUT2D eigenvalue weighted by Crippen LogP contribution is 2.39. The van der Waals surface area contributed by atoms with Crippen molar-refractivity contribution in [3.8, 4) is 0 Å². The monoisotopic (exact) mass is 301 g/mol. The first-order valence-electron chi connectivity index (χ1n) is 7.55. The zero-order valence-electron chi connectivity index (χ0n) is 12.0. The second-order valence-electron chi connectivity index (χ2n) is 6.03. The molecule has 5 nitrogen and oxygen atoms in total. The van der Waals surface area contributed by atoms with Gasteiger partial charge in [-0.15, -0.1) is 0 Å². The van der Waals surface area contributed by atoms with E-state index in [9.17, 15) is 9.18 Å². The third-order valence-corrected chi connectivity index (χ3v) is 4.28. The van der Waals surface area contributed by atoms with E-state index >= 15 is 0 Å². The second kappa shape index (κ2) is 5.19. The molecule has 2 aliphatic rings. The van der Waals surface area contributed by atoms with Crippen LogP contribution in [0, 0.1) is 5.82 Å². The van der Waals surface area contributed by atoms with E-state index in [2.05, 4.69) is 10.1 Å². The van der Waals surface area contributed by atoms with Crippen molar-refractivity contribution in [2.24, 2.45) is 0 Å². The molecule has 0 radical (unpaired) electrons. The molecule has 1 aliphatic heterocycles. The summed E-state index contributed by atoms with van der Waals surface area (Å²) < 4.78 is 19.0. The predicted octanol–water partition coefficient (Wildman–Crippen LogP) is 2.60. The molecule has 1 aromatic heterocycles. The van der Waals surface area contributed by atoms with E-state index in [1.165, 1.54) is 6.07 Å². The van der Waals surface area contributed by atoms with E-state index in [0.29, 0.717) is 30.3 Å². The number of benzene rings is 1. The second-order valence-corrected chi connectivity index (χ2v) is 6.03. The lowest BCUT2D eigenvalue weighted by molar-refractivity contribution is -0.128. The number of hydrogen-bond acceptors (Lipinski definition) is 4. The van der Waals surface area contributed by atoms with Crippen LogP contribution in [0.1, 0.15) is 48.4 Å². The smallest absolute Gasteiger partial charge is 0.232 e. The summed E-state index contributed by atoms with van der Waals surface area (Å²) >= 11 is 0. The molecule has 0 N–H and O–H groups in total. The van der Waals surface area contributed by atoms with Gasteiger partial charge in [0, 0.05) is 31.0 Å². The highest BCUT2D eigenvalue weighted by molar-refractivity contribution is 5.79. The molecule has 1 saturated carbocycles. The molecule has 0 unspecified atom stereocenters. The Kier molecular flexibility index (Phi) is 3.17. The van der Waals surface area contributed by atoms with Gasteiger partial charge in [-0.25, -0.2) is 4.39 Å². The van der Waals surface area contributed by atoms with Gasteiger partial charge < -0.3 is 9.42 Å². The van der Waals surface area contributed by atoms with Crippen LogP contribution in [-0.4, -0.2) is 27.5 Å². The molecule has 114 valence electrons. The first kappa shape index (κ1) is 13.4. The summed E-state index contributed by atoms with van der Waals surface area (Å²) in [5.41, 5.74) is 0.528. The van der Waals surface area contributed by atoms with Gasteiger partial charge in [0.25, 0.3) is 0 Å². The van der Waals surface area contributed by atoms with Crippen molar-refractivity contribution >= 4 is 5.91 Å². The number of likely N-dealkylation sites (tertiary alicyclic amines) is 1. The molecule has 4 rings (SSSR count). The van der Waals surface area contributed by atoms with Crippen LogP contribution < -0.4 is 0 Å². The summed E-state index contributed by atoms with van der Waals surface area (Å²) in [6.45, 7) is 0.783. The van der Waals surface area contributed by atoms with Crippen LogP contribution in [0.25, 0.3) is 0 Å². The topological polar surface area (TPSA) is 59.2 Å². The number of aromatic nitrogens is 2. The van der Waals surface area contributed by atoms with Crippen LogP contribution in [0.3, 0.4) is 0 Å². The van der Waals surface area contributed by atoms with Gasteiger partial charge in [0.2, 0.25) is 11.8 Å². The fraction of sp³-hybridized carbons (Fsp3) is 0.438. The maximum absolute atomic E-state index is 13.7. The number of hydrogen-bond donors (Lipinski definition) is 0. The zero-order chi connectivity index (χ0) is 15.1. The number of halogens is 1. The average molecular weight is 301 g/mol. The minimum absolute atomic E-state index is 0.000532. The predicted molar refractivity (Wildman–Crippen MR) is 75.4 cm³/mol. The van der Waals surface area contributed by atoms with Crippen molar-refractivity contribution in [3.05, 3.63) is 47.4 Å². The van der Waals surface area contributed by atoms with Crippen LogP contribution >= 0.6 is 0 Å². The molecule has 1 amide bonds. The first-order chi connectivity index (χ1) is 10.7. The Morgan fingerprint density at radius 3 is 2.86 bits per heavy atom. The van der Waals surface area contributed by atoms with Crippen molar-refractivity contribution in [1.29, 1.82) is 0 Å². The summed E-state index contributed by atoms with van der Waals surface area (Å²) in [6.07, 6.45) is 2.57. The minimum Gasteiger partial charge on any atom is -0.339 e. The standard InChI is InChI=1S/C16H16FN3O2/c17-13-4-2-1-3-11(13)8-20-9-12(7-14(20)21)16-18-15(19-22-16)10-5-6-10/h1-4,10,12H,5-9H2/t12-/m0/s1. The van der Waals surface area contributed by atoms with Crippen LogP contribution in [0.2, 0.25) is 0 Å². The Morgan fingerprint density at radius 2 is 2.09 bits per heavy atom. The van der Waals surface area contributed by atoms with E-state index in [1.54, 1.807) is 23.1 Å². The van der Waals surface area contributed by atoms with Gasteiger partial charge in [0.15, 0.2) is 5.82 Å². The lowest BCUT2D eigenvalue weighted by Gasteiger charge is -2.16. The lowest BCUT2D eigenvalue weighted by Crippen LogP contribution is -2.24. The summed E-state index contributed by atoms with van der Waals surface area (Å²) in [4.78, 5) is 18.2. The summed E-state index contributed by atoms with van der Waals surface area (Å²) in [7, 11) is 0. The Balaban J connectivity index is 1.47. The Hall–Kier alpha value is -2.24. The van der Waals surface area contributed by atoms with Crippen LogP contribution in [0.5, 0.6) is 0 Å². The van der Waals surface area contributed by atoms with E-state index < -0.39 is 0 Å². The lowest BCUT2D eigenvalue weighted by atomic mass is 10.1. The molecule has 1 aromatic carbocycles. The van der Waals surface area contributed by atoms with Crippen molar-refractivity contribution in [3.63, 3.8) is 0 Å². The number of amides is 1. The maximum Gasteiger partial charge on any atom is 0.232 e. The van der Waals surface area contributed by atoms with Gasteiger partial charge in [-0.3, -0.25) is 4.79 Å². The summed E-state index contributed by atoms with van der Waals surface area (Å²) in [6, 6.07) is 6.53. The molecule has 1 atom stereocenters. The van der Waals surface area contributed by atoms with Crippen molar-refractivity contribution in [2.75, 3.05) is 6.54 Å². The van der Waals surface area contributed by atoms with Crippen molar-refractivity contribution in [2.45, 2.75) is 37.6 Å². The van der Waals surface area contributed by atoms with E-state index in [-0.39, 0.29) is 24.2 Å². The normalized spacial score (nSPS) is 21.6. The van der Waals surface area contributed by atoms with Gasteiger partial charge in [0.05, 0.1) is 5.92 Å². The third kappa shape index (κ3) is 2.49. The molecule has 2 aromatic rings. The average Bonchev–Trinajstić information content (AvgIpc) is 3.13. The quantitative estimate of drug-likeness (QED) is 0.871. The van der Waals surface area contributed by atoms with E-state index in [4.69, 9.17) is 4.52 Å². The van der Waals surface area contributed by atoms with Gasteiger partial charge in [0.1, 0.15) is 5.82 Å². The van der Waals surface area contributed by atoms with E-state index in [1.807, 2.05) is 0 Å². The summed E-state index contributed by atoms with van der Waals surface area (Å²) in [5, 5.41) is 4.00. The summed E-state index contributed by atoms with van der Waals surface area (Å²) in [5.74, 6) is 1.36. The molecule has 0 spiro atoms. The molecular weight excluding hydrogens is 285 g/mol. The Morgan fingerprint density at radius 1 is 1.27 bits per heavy atom. The SMILES string of the molecule is O=C1C[C@H](c2nc(C3CC3)no2)CN1Cc1ccccc1F. The van der Waals surface area contributed by atoms with Crippen LogP contribution in [-0.2, 0) is 11.3 Å². The minimum atomic E-state index is -0.285. The molecule has 22 heavy (non-hydrogen) atoms. The molecule has 6 heteroatoms. The zero-order valence-corrected chi connectivity index (χ0v) is 12.0. The van der Waals surface area contributed by atoms with E-state index in [0.717, 1.165) is 18.7 Å². The third-order valence-electron chi connectivity index (χ3n) is 4.28. The highest BCUT2D eigenvalue weighted by Gasteiger charge is 2.36. The maximum atomic E-state index is 13.7. The number of carbonyl (C=O) groups excluding carboxylic acids is 1.